The SMILES string of the molecule is Cc1ccc(NC(=O)COC(=O)c2cccnc2Cl)cc1S(=O)(=O)N1CCCCCC1. The Hall–Kier alpha value is -2.49. The van der Waals surface area contributed by atoms with E-state index < -0.39 is 28.5 Å². The number of hydrogen-bond acceptors (Lipinski definition) is 6. The second-order valence-electron chi connectivity index (χ2n) is 7.26. The minimum absolute atomic E-state index is 0.0187. The highest BCUT2D eigenvalue weighted by molar-refractivity contribution is 7.89. The first-order valence-electron chi connectivity index (χ1n) is 9.97. The van der Waals surface area contributed by atoms with Gasteiger partial charge >= 0.3 is 5.97 Å². The molecule has 31 heavy (non-hydrogen) atoms. The second-order valence-corrected chi connectivity index (χ2v) is 9.53. The summed E-state index contributed by atoms with van der Waals surface area (Å²) in [5, 5.41) is 2.55. The van der Waals surface area contributed by atoms with Crippen molar-refractivity contribution in [2.24, 2.45) is 0 Å². The summed E-state index contributed by atoms with van der Waals surface area (Å²) in [7, 11) is -3.67. The number of carbonyl (C=O) groups excluding carboxylic acids is 2. The maximum absolute atomic E-state index is 13.1. The number of carbonyl (C=O) groups is 2. The number of hydrogen-bond donors (Lipinski definition) is 1. The van der Waals surface area contributed by atoms with Crippen molar-refractivity contribution in [1.82, 2.24) is 9.29 Å². The number of benzene rings is 1. The molecule has 2 heterocycles. The van der Waals surface area contributed by atoms with Crippen LogP contribution in [0.25, 0.3) is 0 Å². The van der Waals surface area contributed by atoms with E-state index in [0.717, 1.165) is 25.7 Å². The Morgan fingerprint density at radius 2 is 1.87 bits per heavy atom. The minimum atomic E-state index is -3.67. The fraction of sp³-hybridized carbons (Fsp3) is 0.381. The van der Waals surface area contributed by atoms with Gasteiger partial charge in [-0.05, 0) is 49.6 Å². The zero-order chi connectivity index (χ0) is 22.4. The molecular formula is C21H24ClN3O5S. The van der Waals surface area contributed by atoms with Gasteiger partial charge in [-0.15, -0.1) is 0 Å². The van der Waals surface area contributed by atoms with Crippen LogP contribution in [0.5, 0.6) is 0 Å². The number of aromatic nitrogens is 1. The molecule has 0 atom stereocenters. The van der Waals surface area contributed by atoms with E-state index in [1.165, 1.54) is 28.7 Å². The van der Waals surface area contributed by atoms with Crippen LogP contribution in [0.3, 0.4) is 0 Å². The molecule has 0 aliphatic carbocycles. The lowest BCUT2D eigenvalue weighted by Gasteiger charge is -2.21. The molecule has 1 aromatic carbocycles. The molecule has 1 fully saturated rings. The summed E-state index contributed by atoms with van der Waals surface area (Å²) in [6, 6.07) is 7.65. The maximum atomic E-state index is 13.1. The first-order valence-corrected chi connectivity index (χ1v) is 11.8. The van der Waals surface area contributed by atoms with Crippen molar-refractivity contribution < 1.29 is 22.7 Å². The minimum Gasteiger partial charge on any atom is -0.452 e. The third-order valence-corrected chi connectivity index (χ3v) is 7.31. The summed E-state index contributed by atoms with van der Waals surface area (Å²) in [6.07, 6.45) is 5.14. The van der Waals surface area contributed by atoms with Gasteiger partial charge in [0.15, 0.2) is 6.61 Å². The molecule has 3 rings (SSSR count). The van der Waals surface area contributed by atoms with Crippen LogP contribution >= 0.6 is 11.6 Å². The van der Waals surface area contributed by atoms with E-state index in [-0.39, 0.29) is 15.6 Å². The fourth-order valence-electron chi connectivity index (χ4n) is 3.32. The smallest absolute Gasteiger partial charge is 0.341 e. The van der Waals surface area contributed by atoms with Crippen LogP contribution in [0.1, 0.15) is 41.6 Å². The van der Waals surface area contributed by atoms with E-state index in [4.69, 9.17) is 16.3 Å². The fourth-order valence-corrected chi connectivity index (χ4v) is 5.29. The van der Waals surface area contributed by atoms with Gasteiger partial charge < -0.3 is 10.1 Å². The molecule has 1 aromatic heterocycles. The summed E-state index contributed by atoms with van der Waals surface area (Å²) < 4.78 is 32.7. The van der Waals surface area contributed by atoms with E-state index in [1.54, 1.807) is 19.1 Å². The van der Waals surface area contributed by atoms with Gasteiger partial charge in [-0.2, -0.15) is 4.31 Å². The van der Waals surface area contributed by atoms with Crippen molar-refractivity contribution in [3.8, 4) is 0 Å². The number of ether oxygens (including phenoxy) is 1. The average Bonchev–Trinajstić information content (AvgIpc) is 3.04. The lowest BCUT2D eigenvalue weighted by molar-refractivity contribution is -0.119. The zero-order valence-corrected chi connectivity index (χ0v) is 18.7. The van der Waals surface area contributed by atoms with Gasteiger partial charge in [0.05, 0.1) is 10.5 Å². The molecule has 10 heteroatoms. The number of sulfonamides is 1. The largest absolute Gasteiger partial charge is 0.452 e. The number of anilines is 1. The highest BCUT2D eigenvalue weighted by Crippen LogP contribution is 2.26. The number of rotatable bonds is 6. The highest BCUT2D eigenvalue weighted by Gasteiger charge is 2.27. The first-order chi connectivity index (χ1) is 14.8. The third kappa shape index (κ3) is 5.81. The molecule has 166 valence electrons. The summed E-state index contributed by atoms with van der Waals surface area (Å²) in [4.78, 5) is 28.2. The van der Waals surface area contributed by atoms with Crippen molar-refractivity contribution in [3.63, 3.8) is 0 Å². The standard InChI is InChI=1S/C21H24ClN3O5S/c1-15-8-9-16(13-18(15)31(28,29)25-11-4-2-3-5-12-25)24-19(26)14-30-21(27)17-7-6-10-23-20(17)22/h6-10,13H,2-5,11-12,14H2,1H3,(H,24,26). The van der Waals surface area contributed by atoms with Crippen molar-refractivity contribution in [2.45, 2.75) is 37.5 Å². The van der Waals surface area contributed by atoms with Crippen LogP contribution in [0.15, 0.2) is 41.4 Å². The molecule has 0 unspecified atom stereocenters. The average molecular weight is 466 g/mol. The number of pyridine rings is 1. The van der Waals surface area contributed by atoms with Gasteiger partial charge in [0, 0.05) is 25.0 Å². The first kappa shape index (κ1) is 23.2. The molecule has 0 radical (unpaired) electrons. The van der Waals surface area contributed by atoms with E-state index in [0.29, 0.717) is 24.3 Å². The molecule has 1 aliphatic rings. The Morgan fingerprint density at radius 3 is 2.55 bits per heavy atom. The Labute approximate surface area is 186 Å². The lowest BCUT2D eigenvalue weighted by atomic mass is 10.2. The molecular weight excluding hydrogens is 442 g/mol. The molecule has 0 saturated carbocycles. The second kappa shape index (κ2) is 10.2. The molecule has 8 nitrogen and oxygen atoms in total. The number of aryl methyl sites for hydroxylation is 1. The van der Waals surface area contributed by atoms with Crippen LogP contribution in [0, 0.1) is 6.92 Å². The number of nitrogens with zero attached hydrogens (tertiary/aromatic N) is 2. The predicted octanol–water partition coefficient (Wildman–Crippen LogP) is 3.40. The highest BCUT2D eigenvalue weighted by atomic mass is 35.5. The Balaban J connectivity index is 1.67. The van der Waals surface area contributed by atoms with Crippen LogP contribution in [-0.4, -0.2) is 49.3 Å². The topological polar surface area (TPSA) is 106 Å². The van der Waals surface area contributed by atoms with E-state index in [1.807, 2.05) is 0 Å². The number of nitrogens with one attached hydrogen (secondary N) is 1. The Kier molecular flexibility index (Phi) is 7.64. The zero-order valence-electron chi connectivity index (χ0n) is 17.1. The van der Waals surface area contributed by atoms with Crippen molar-refractivity contribution in [3.05, 3.63) is 52.8 Å². The quantitative estimate of drug-likeness (QED) is 0.517. The molecule has 1 aliphatic heterocycles. The summed E-state index contributed by atoms with van der Waals surface area (Å²) in [5.74, 6) is -1.38. The Bertz CT molecular complexity index is 1070. The summed E-state index contributed by atoms with van der Waals surface area (Å²) >= 11 is 5.84. The molecule has 0 bridgehead atoms. The molecule has 1 amide bonds. The number of esters is 1. The lowest BCUT2D eigenvalue weighted by Crippen LogP contribution is -2.32. The van der Waals surface area contributed by atoms with E-state index in [2.05, 4.69) is 10.3 Å². The maximum Gasteiger partial charge on any atom is 0.341 e. The predicted molar refractivity (Wildman–Crippen MR) is 117 cm³/mol. The van der Waals surface area contributed by atoms with E-state index >= 15 is 0 Å². The van der Waals surface area contributed by atoms with Crippen LogP contribution < -0.4 is 5.32 Å². The van der Waals surface area contributed by atoms with Crippen LogP contribution in [0.2, 0.25) is 5.15 Å². The van der Waals surface area contributed by atoms with Crippen molar-refractivity contribution >= 4 is 39.2 Å². The van der Waals surface area contributed by atoms with Gasteiger partial charge in [0.25, 0.3) is 5.91 Å². The van der Waals surface area contributed by atoms with E-state index in [9.17, 15) is 18.0 Å². The monoisotopic (exact) mass is 465 g/mol. The Morgan fingerprint density at radius 1 is 1.16 bits per heavy atom. The summed E-state index contributed by atoms with van der Waals surface area (Å²) in [6.45, 7) is 2.15. The van der Waals surface area contributed by atoms with Gasteiger partial charge in [-0.1, -0.05) is 30.5 Å². The number of amides is 1. The van der Waals surface area contributed by atoms with Crippen molar-refractivity contribution in [1.29, 1.82) is 0 Å². The third-order valence-electron chi connectivity index (χ3n) is 4.97. The normalized spacial score (nSPS) is 15.2. The van der Waals surface area contributed by atoms with Gasteiger partial charge in [0.2, 0.25) is 10.0 Å². The van der Waals surface area contributed by atoms with Gasteiger partial charge in [-0.3, -0.25) is 4.79 Å². The van der Waals surface area contributed by atoms with Crippen LogP contribution in [-0.2, 0) is 19.6 Å². The van der Waals surface area contributed by atoms with Crippen molar-refractivity contribution in [2.75, 3.05) is 25.0 Å². The molecule has 0 spiro atoms. The summed E-state index contributed by atoms with van der Waals surface area (Å²) in [5.41, 5.74) is 0.956. The van der Waals surface area contributed by atoms with Gasteiger partial charge in [0.1, 0.15) is 5.15 Å². The molecule has 1 N–H and O–H groups in total. The molecule has 1 saturated heterocycles. The number of halogens is 1. The van der Waals surface area contributed by atoms with Crippen LogP contribution in [0.4, 0.5) is 5.69 Å². The molecule has 2 aromatic rings. The van der Waals surface area contributed by atoms with Gasteiger partial charge in [-0.25, -0.2) is 18.2 Å².